The van der Waals surface area contributed by atoms with E-state index in [0.717, 1.165) is 0 Å². The zero-order valence-corrected chi connectivity index (χ0v) is 11.8. The number of phenols is 1. The summed E-state index contributed by atoms with van der Waals surface area (Å²) in [5, 5.41) is 9.63. The largest absolute Gasteiger partial charge is 0.508 e. The number of hydrogen-bond acceptors (Lipinski definition) is 4. The van der Waals surface area contributed by atoms with E-state index in [-0.39, 0.29) is 28.9 Å². The summed E-state index contributed by atoms with van der Waals surface area (Å²) in [6.07, 6.45) is 0. The lowest BCUT2D eigenvalue weighted by Gasteiger charge is -2.26. The van der Waals surface area contributed by atoms with Crippen LogP contribution in [0.15, 0.2) is 18.2 Å². The number of methoxy groups -OCH3 is 1. The molecule has 19 heavy (non-hydrogen) atoms. The maximum absolute atomic E-state index is 12.3. The number of rotatable bonds is 4. The van der Waals surface area contributed by atoms with Crippen LogP contribution in [0.3, 0.4) is 0 Å². The predicted octanol–water partition coefficient (Wildman–Crippen LogP) is 2.07. The lowest BCUT2D eigenvalue weighted by atomic mass is 10.1. The van der Waals surface area contributed by atoms with Crippen LogP contribution < -0.4 is 0 Å². The third kappa shape index (κ3) is 3.86. The Labute approximate surface area is 116 Å². The molecule has 0 saturated carbocycles. The highest BCUT2D eigenvalue weighted by Crippen LogP contribution is 2.23. The van der Waals surface area contributed by atoms with E-state index in [1.165, 1.54) is 30.2 Å². The number of esters is 1. The summed E-state index contributed by atoms with van der Waals surface area (Å²) in [6, 6.07) is 3.89. The van der Waals surface area contributed by atoms with Crippen molar-refractivity contribution < 1.29 is 19.4 Å². The number of aromatic hydroxyl groups is 1. The Morgan fingerprint density at radius 3 is 2.58 bits per heavy atom. The fraction of sp³-hybridized carbons (Fsp3) is 0.385. The Morgan fingerprint density at radius 1 is 1.42 bits per heavy atom. The maximum atomic E-state index is 12.3. The molecule has 0 radical (unpaired) electrons. The first-order valence-corrected chi connectivity index (χ1v) is 6.11. The highest BCUT2D eigenvalue weighted by atomic mass is 35.5. The Hall–Kier alpha value is -1.75. The van der Waals surface area contributed by atoms with E-state index in [9.17, 15) is 14.7 Å². The number of ether oxygens (including phenoxy) is 1. The molecule has 6 heteroatoms. The summed E-state index contributed by atoms with van der Waals surface area (Å²) in [5.74, 6) is -1.01. The minimum Gasteiger partial charge on any atom is -0.508 e. The van der Waals surface area contributed by atoms with Crippen molar-refractivity contribution in [3.8, 4) is 5.75 Å². The minimum absolute atomic E-state index is 0.0606. The number of phenolic OH excluding ortho intramolecular Hbond substituents is 1. The van der Waals surface area contributed by atoms with E-state index in [1.54, 1.807) is 13.8 Å². The van der Waals surface area contributed by atoms with Crippen LogP contribution in [0.25, 0.3) is 0 Å². The molecule has 1 N–H and O–H groups in total. The summed E-state index contributed by atoms with van der Waals surface area (Å²) in [4.78, 5) is 25.0. The zero-order valence-electron chi connectivity index (χ0n) is 11.0. The van der Waals surface area contributed by atoms with Crippen LogP contribution in [-0.2, 0) is 9.53 Å². The second kappa shape index (κ2) is 6.43. The molecular formula is C13H16ClNO4. The van der Waals surface area contributed by atoms with Crippen molar-refractivity contribution in [2.24, 2.45) is 0 Å². The Kier molecular flexibility index (Phi) is 5.18. The summed E-state index contributed by atoms with van der Waals surface area (Å²) in [5.41, 5.74) is 0.152. The van der Waals surface area contributed by atoms with Crippen LogP contribution in [-0.4, -0.2) is 41.6 Å². The van der Waals surface area contributed by atoms with Crippen molar-refractivity contribution in [3.63, 3.8) is 0 Å². The Bertz CT molecular complexity index is 488. The molecule has 0 unspecified atom stereocenters. The molecule has 0 aliphatic heterocycles. The number of carbonyl (C=O) groups excluding carboxylic acids is 2. The van der Waals surface area contributed by atoms with Crippen molar-refractivity contribution in [1.29, 1.82) is 0 Å². The molecule has 0 aliphatic carbocycles. The lowest BCUT2D eigenvalue weighted by molar-refractivity contribution is -0.141. The van der Waals surface area contributed by atoms with Crippen molar-refractivity contribution in [2.75, 3.05) is 13.7 Å². The number of halogens is 1. The molecule has 0 aromatic heterocycles. The molecule has 0 fully saturated rings. The van der Waals surface area contributed by atoms with Crippen molar-refractivity contribution >= 4 is 23.5 Å². The summed E-state index contributed by atoms with van der Waals surface area (Å²) < 4.78 is 4.56. The standard InChI is InChI=1S/C13H16ClNO4/c1-8(2)15(7-12(17)19-3)13(18)10-6-9(16)4-5-11(10)14/h4-6,8,16H,7H2,1-3H3. The Balaban J connectivity index is 3.05. The third-order valence-electron chi connectivity index (χ3n) is 2.59. The average molecular weight is 286 g/mol. The summed E-state index contributed by atoms with van der Waals surface area (Å²) >= 11 is 5.94. The van der Waals surface area contributed by atoms with Crippen LogP contribution in [0.5, 0.6) is 5.75 Å². The van der Waals surface area contributed by atoms with Crippen LogP contribution in [0.4, 0.5) is 0 Å². The highest BCUT2D eigenvalue weighted by molar-refractivity contribution is 6.33. The van der Waals surface area contributed by atoms with Crippen LogP contribution in [0.2, 0.25) is 5.02 Å². The van der Waals surface area contributed by atoms with Gasteiger partial charge >= 0.3 is 5.97 Å². The van der Waals surface area contributed by atoms with Gasteiger partial charge in [-0.25, -0.2) is 0 Å². The third-order valence-corrected chi connectivity index (χ3v) is 2.92. The van der Waals surface area contributed by atoms with Gasteiger partial charge in [-0.3, -0.25) is 9.59 Å². The minimum atomic E-state index is -0.515. The number of benzene rings is 1. The van der Waals surface area contributed by atoms with Gasteiger partial charge in [-0.05, 0) is 32.0 Å². The van der Waals surface area contributed by atoms with Gasteiger partial charge < -0.3 is 14.7 Å². The van der Waals surface area contributed by atoms with Crippen LogP contribution in [0.1, 0.15) is 24.2 Å². The molecule has 0 atom stereocenters. The van der Waals surface area contributed by atoms with Gasteiger partial charge in [0, 0.05) is 6.04 Å². The second-order valence-corrected chi connectivity index (χ2v) is 4.67. The molecule has 0 spiro atoms. The molecule has 0 aliphatic rings. The fourth-order valence-electron chi connectivity index (χ4n) is 1.52. The second-order valence-electron chi connectivity index (χ2n) is 4.27. The highest BCUT2D eigenvalue weighted by Gasteiger charge is 2.24. The zero-order chi connectivity index (χ0) is 14.6. The molecule has 5 nitrogen and oxygen atoms in total. The smallest absolute Gasteiger partial charge is 0.325 e. The van der Waals surface area contributed by atoms with E-state index in [4.69, 9.17) is 11.6 Å². The molecular weight excluding hydrogens is 270 g/mol. The molecule has 104 valence electrons. The molecule has 1 amide bonds. The van der Waals surface area contributed by atoms with Gasteiger partial charge in [0.25, 0.3) is 5.91 Å². The van der Waals surface area contributed by atoms with Gasteiger partial charge in [0.2, 0.25) is 0 Å². The SMILES string of the molecule is COC(=O)CN(C(=O)c1cc(O)ccc1Cl)C(C)C. The molecule has 0 heterocycles. The van der Waals surface area contributed by atoms with Crippen LogP contribution >= 0.6 is 11.6 Å². The number of hydrogen-bond donors (Lipinski definition) is 1. The number of nitrogens with zero attached hydrogens (tertiary/aromatic N) is 1. The monoisotopic (exact) mass is 285 g/mol. The fourth-order valence-corrected chi connectivity index (χ4v) is 1.72. The first-order valence-electron chi connectivity index (χ1n) is 5.73. The van der Waals surface area contributed by atoms with Gasteiger partial charge in [0.05, 0.1) is 17.7 Å². The van der Waals surface area contributed by atoms with E-state index in [0.29, 0.717) is 0 Å². The van der Waals surface area contributed by atoms with E-state index in [1.807, 2.05) is 0 Å². The first kappa shape index (κ1) is 15.3. The van der Waals surface area contributed by atoms with Gasteiger partial charge in [0.1, 0.15) is 12.3 Å². The normalized spacial score (nSPS) is 10.4. The Morgan fingerprint density at radius 2 is 2.05 bits per heavy atom. The molecule has 1 aromatic carbocycles. The maximum Gasteiger partial charge on any atom is 0.325 e. The molecule has 0 bridgehead atoms. The summed E-state index contributed by atoms with van der Waals surface area (Å²) in [6.45, 7) is 3.38. The van der Waals surface area contributed by atoms with Gasteiger partial charge in [-0.2, -0.15) is 0 Å². The van der Waals surface area contributed by atoms with Crippen molar-refractivity contribution in [2.45, 2.75) is 19.9 Å². The van der Waals surface area contributed by atoms with Crippen molar-refractivity contribution in [3.05, 3.63) is 28.8 Å². The predicted molar refractivity (Wildman–Crippen MR) is 71.3 cm³/mol. The quantitative estimate of drug-likeness (QED) is 0.860. The van der Waals surface area contributed by atoms with Crippen LogP contribution in [0, 0.1) is 0 Å². The number of amides is 1. The molecule has 0 saturated heterocycles. The van der Waals surface area contributed by atoms with E-state index < -0.39 is 11.9 Å². The summed E-state index contributed by atoms with van der Waals surface area (Å²) in [7, 11) is 1.26. The molecule has 1 aromatic rings. The topological polar surface area (TPSA) is 66.8 Å². The van der Waals surface area contributed by atoms with E-state index >= 15 is 0 Å². The molecule has 1 rings (SSSR count). The van der Waals surface area contributed by atoms with E-state index in [2.05, 4.69) is 4.74 Å². The first-order chi connectivity index (χ1) is 8.86. The van der Waals surface area contributed by atoms with Crippen molar-refractivity contribution in [1.82, 2.24) is 4.90 Å². The lowest BCUT2D eigenvalue weighted by Crippen LogP contribution is -2.41. The van der Waals surface area contributed by atoms with Gasteiger partial charge in [-0.15, -0.1) is 0 Å². The van der Waals surface area contributed by atoms with Gasteiger partial charge in [-0.1, -0.05) is 11.6 Å². The number of carbonyl (C=O) groups is 2. The average Bonchev–Trinajstić information content (AvgIpc) is 2.37. The van der Waals surface area contributed by atoms with Gasteiger partial charge in [0.15, 0.2) is 0 Å².